The highest BCUT2D eigenvalue weighted by Gasteiger charge is 2.70. The van der Waals surface area contributed by atoms with Crippen LogP contribution >= 0.6 is 11.8 Å². The van der Waals surface area contributed by atoms with E-state index in [0.29, 0.717) is 58.5 Å². The monoisotopic (exact) mass is 843 g/mol. The maximum atomic E-state index is 15.2. The Morgan fingerprint density at radius 1 is 1.13 bits per heavy atom. The molecular formula is C44H53N5O10S. The zero-order chi connectivity index (χ0) is 42.2. The molecule has 4 saturated heterocycles. The first-order valence-electron chi connectivity index (χ1n) is 20.8. The summed E-state index contributed by atoms with van der Waals surface area (Å²) < 4.78 is 36.8. The minimum atomic E-state index is -1.48. The Morgan fingerprint density at radius 3 is 2.63 bits per heavy atom. The number of methoxy groups -OCH3 is 2. The molecule has 4 bridgehead atoms. The third kappa shape index (κ3) is 5.21. The number of fused-ring (bicyclic) bond motifs is 8. The average molecular weight is 844 g/mol. The van der Waals surface area contributed by atoms with Gasteiger partial charge in [-0.3, -0.25) is 19.9 Å². The summed E-state index contributed by atoms with van der Waals surface area (Å²) in [6.07, 6.45) is 2.97. The van der Waals surface area contributed by atoms with E-state index in [9.17, 15) is 15.0 Å². The van der Waals surface area contributed by atoms with Gasteiger partial charge < -0.3 is 49.4 Å². The lowest BCUT2D eigenvalue weighted by atomic mass is 9.63. The van der Waals surface area contributed by atoms with Crippen LogP contribution in [0.3, 0.4) is 0 Å². The molecule has 0 amide bonds. The van der Waals surface area contributed by atoms with Crippen LogP contribution in [0.4, 0.5) is 0 Å². The lowest BCUT2D eigenvalue weighted by Gasteiger charge is -2.62. The van der Waals surface area contributed by atoms with E-state index in [1.165, 1.54) is 18.7 Å². The summed E-state index contributed by atoms with van der Waals surface area (Å²) >= 11 is 1.53. The molecule has 8 aliphatic heterocycles. The van der Waals surface area contributed by atoms with Gasteiger partial charge in [-0.15, -0.1) is 11.8 Å². The molecule has 1 aromatic heterocycles. The summed E-state index contributed by atoms with van der Waals surface area (Å²) in [4.78, 5) is 36.4. The molecule has 4 unspecified atom stereocenters. The number of carbonyl (C=O) groups is 2. The first kappa shape index (κ1) is 39.7. The lowest BCUT2D eigenvalue weighted by Crippen LogP contribution is -2.74. The lowest BCUT2D eigenvalue weighted by molar-refractivity contribution is -0.219. The highest BCUT2D eigenvalue weighted by Crippen LogP contribution is 2.67. The number of aliphatic hydroxyl groups is 2. The average Bonchev–Trinajstić information content (AvgIpc) is 3.84. The second-order valence-electron chi connectivity index (χ2n) is 17.6. The summed E-state index contributed by atoms with van der Waals surface area (Å²) in [6.45, 7) is 10.2. The number of piperazine rings is 1. The SMILES string of the molecule is CCN1CC2(O)CC3C=C(C)C(OC)=C(O)C3(C)[C@H]1[C@@H]1[C@@H]3SC[C@]4(N[C@H](CN)Cc5c4[nH]c4ccc(OC)cc54)C(=O)OC[C@@H](c4c5c(c(C)c(OC(C)=O)c43)OCO5)N12. The number of carbonyl (C=O) groups excluding carboxylic acids is 2. The van der Waals surface area contributed by atoms with Crippen LogP contribution in [0, 0.1) is 18.3 Å². The first-order chi connectivity index (χ1) is 28.7. The molecule has 0 saturated carbocycles. The van der Waals surface area contributed by atoms with Crippen molar-refractivity contribution in [3.8, 4) is 23.0 Å². The van der Waals surface area contributed by atoms with Crippen molar-refractivity contribution in [3.05, 3.63) is 69.3 Å². The number of aromatic amines is 1. The molecule has 2 aromatic carbocycles. The third-order valence-corrected chi connectivity index (χ3v) is 16.0. The maximum absolute atomic E-state index is 15.2. The van der Waals surface area contributed by atoms with Crippen LogP contribution in [-0.2, 0) is 31.0 Å². The Bertz CT molecular complexity index is 2420. The van der Waals surface area contributed by atoms with Crippen molar-refractivity contribution in [3.63, 3.8) is 0 Å². The molecule has 320 valence electrons. The number of rotatable bonds is 5. The molecule has 15 nitrogen and oxygen atoms in total. The van der Waals surface area contributed by atoms with Crippen molar-refractivity contribution < 1.29 is 48.2 Å². The molecule has 0 radical (unpaired) electrons. The molecule has 10 atom stereocenters. The van der Waals surface area contributed by atoms with Crippen LogP contribution < -0.4 is 30.0 Å². The van der Waals surface area contributed by atoms with Gasteiger partial charge in [-0.25, -0.2) is 4.79 Å². The second kappa shape index (κ2) is 13.8. The van der Waals surface area contributed by atoms with E-state index in [1.807, 2.05) is 32.0 Å². The zero-order valence-electron chi connectivity index (χ0n) is 35.0. The summed E-state index contributed by atoms with van der Waals surface area (Å²) in [7, 11) is 3.20. The number of hydrogen-bond acceptors (Lipinski definition) is 15. The van der Waals surface area contributed by atoms with Crippen molar-refractivity contribution in [2.75, 3.05) is 53.0 Å². The number of H-pyrrole nitrogens is 1. The predicted octanol–water partition coefficient (Wildman–Crippen LogP) is 4.36. The van der Waals surface area contributed by atoms with Gasteiger partial charge in [0.2, 0.25) is 6.79 Å². The number of nitrogens with two attached hydrogens (primary N) is 1. The number of allylic oxidation sites excluding steroid dienone is 2. The van der Waals surface area contributed by atoms with Gasteiger partial charge in [0, 0.05) is 71.5 Å². The van der Waals surface area contributed by atoms with Crippen LogP contribution in [0.2, 0.25) is 0 Å². The van der Waals surface area contributed by atoms with Crippen molar-refractivity contribution in [2.45, 2.75) is 88.1 Å². The Labute approximate surface area is 352 Å². The van der Waals surface area contributed by atoms with E-state index in [4.69, 9.17) is 34.2 Å². The summed E-state index contributed by atoms with van der Waals surface area (Å²) in [5.74, 6) is 1.39. The fraction of sp³-hybridized carbons (Fsp3) is 0.545. The highest BCUT2D eigenvalue weighted by molar-refractivity contribution is 7.99. The third-order valence-electron chi connectivity index (χ3n) is 14.6. The Hall–Kier alpha value is -4.45. The number of aromatic nitrogens is 1. The molecule has 4 fully saturated rings. The second-order valence-corrected chi connectivity index (χ2v) is 18.7. The molecular weight excluding hydrogens is 791 g/mol. The van der Waals surface area contributed by atoms with Gasteiger partial charge in [0.25, 0.3) is 0 Å². The number of likely N-dealkylation sites (N-methyl/N-ethyl adjacent to an activating group) is 1. The maximum Gasteiger partial charge on any atom is 0.333 e. The highest BCUT2D eigenvalue weighted by atomic mass is 32.2. The molecule has 9 heterocycles. The van der Waals surface area contributed by atoms with E-state index < -0.39 is 52.0 Å². The minimum Gasteiger partial charge on any atom is -0.508 e. The normalized spacial score (nSPS) is 35.2. The fourth-order valence-electron chi connectivity index (χ4n) is 12.0. The largest absolute Gasteiger partial charge is 0.508 e. The first-order valence-corrected chi connectivity index (χ1v) is 21.8. The van der Waals surface area contributed by atoms with Gasteiger partial charge in [0.1, 0.15) is 29.6 Å². The zero-order valence-corrected chi connectivity index (χ0v) is 35.8. The topological polar surface area (TPSA) is 190 Å². The number of nitrogens with zero attached hydrogens (tertiary/aromatic N) is 2. The number of benzene rings is 2. The number of nitrogens with one attached hydrogen (secondary N) is 2. The van der Waals surface area contributed by atoms with Crippen molar-refractivity contribution in [1.29, 1.82) is 0 Å². The van der Waals surface area contributed by atoms with Crippen LogP contribution in [0.5, 0.6) is 23.0 Å². The van der Waals surface area contributed by atoms with Gasteiger partial charge in [-0.05, 0) is 68.5 Å². The number of esters is 2. The van der Waals surface area contributed by atoms with Crippen molar-refractivity contribution in [2.24, 2.45) is 17.1 Å². The molecule has 1 aliphatic carbocycles. The van der Waals surface area contributed by atoms with E-state index in [-0.39, 0.29) is 56.4 Å². The molecule has 12 rings (SSSR count). The van der Waals surface area contributed by atoms with E-state index in [1.54, 1.807) is 14.2 Å². The van der Waals surface area contributed by atoms with Crippen LogP contribution in [0.25, 0.3) is 10.9 Å². The van der Waals surface area contributed by atoms with Gasteiger partial charge in [-0.1, -0.05) is 19.9 Å². The van der Waals surface area contributed by atoms with Crippen LogP contribution in [-0.4, -0.2) is 114 Å². The smallest absolute Gasteiger partial charge is 0.333 e. The van der Waals surface area contributed by atoms with Crippen molar-refractivity contribution >= 4 is 34.6 Å². The van der Waals surface area contributed by atoms with Gasteiger partial charge in [0.15, 0.2) is 22.8 Å². The number of hydrogen-bond donors (Lipinski definition) is 5. The fourth-order valence-corrected chi connectivity index (χ4v) is 13.7. The molecule has 6 N–H and O–H groups in total. The summed E-state index contributed by atoms with van der Waals surface area (Å²) in [5.41, 5.74) is 7.91. The minimum absolute atomic E-state index is 0.0550. The van der Waals surface area contributed by atoms with Crippen molar-refractivity contribution in [1.82, 2.24) is 20.1 Å². The Morgan fingerprint density at radius 2 is 1.92 bits per heavy atom. The van der Waals surface area contributed by atoms with Crippen LogP contribution in [0.1, 0.15) is 73.4 Å². The molecule has 60 heavy (non-hydrogen) atoms. The van der Waals surface area contributed by atoms with Gasteiger partial charge in [-0.2, -0.15) is 0 Å². The van der Waals surface area contributed by atoms with E-state index >= 15 is 4.79 Å². The Balaban J connectivity index is 1.25. The molecule has 9 aliphatic rings. The number of thioether (sulfide) groups is 1. The standard InChI is InChI=1S/C44H53N5O10S/c1-8-48-17-43(53)14-23-11-20(2)33(55-7)40(51)42(23,5)39(48)32-37-31-30(36-35(57-19-58-36)21(3)34(31)59-22(4)50)29(49(32)43)16-56-41(52)44(18-60-37)38-27(12-24(15-45)47-44)26-13-25(54-6)9-10-28(26)46-38/h9-11,13,23-24,29,32,37,39,46-47,51,53H,8,12,14-19,45H2,1-7H3/t23?,24-,29-,32-,37+,39+,42?,43?,44+/m0/s1. The predicted molar refractivity (Wildman–Crippen MR) is 222 cm³/mol. The summed E-state index contributed by atoms with van der Waals surface area (Å²) in [5, 5.41) is 30.1. The molecule has 1 spiro atoms. The van der Waals surface area contributed by atoms with Gasteiger partial charge in [0.05, 0.1) is 36.6 Å². The Kier molecular flexibility index (Phi) is 9.11. The van der Waals surface area contributed by atoms with Crippen LogP contribution in [0.15, 0.2) is 41.4 Å². The number of aliphatic hydroxyl groups excluding tert-OH is 1. The van der Waals surface area contributed by atoms with E-state index in [0.717, 1.165) is 27.6 Å². The molecule has 16 heteroatoms. The van der Waals surface area contributed by atoms with E-state index in [2.05, 4.69) is 40.0 Å². The summed E-state index contributed by atoms with van der Waals surface area (Å²) in [6, 6.07) is 3.79. The quantitative estimate of drug-likeness (QED) is 0.180. The van der Waals surface area contributed by atoms with Gasteiger partial charge >= 0.3 is 11.9 Å². The number of ether oxygens (including phenoxy) is 6. The molecule has 3 aromatic rings.